The molecular formula is C39H23N3O2. The predicted octanol–water partition coefficient (Wildman–Crippen LogP) is 10.3. The summed E-state index contributed by atoms with van der Waals surface area (Å²) in [6, 6.07) is 47.0. The van der Waals surface area contributed by atoms with E-state index in [1.807, 2.05) is 91.0 Å². The third kappa shape index (κ3) is 3.98. The number of furan rings is 2. The van der Waals surface area contributed by atoms with E-state index in [1.54, 1.807) is 0 Å². The van der Waals surface area contributed by atoms with Crippen LogP contribution < -0.4 is 0 Å². The van der Waals surface area contributed by atoms with Crippen LogP contribution in [-0.4, -0.2) is 15.0 Å². The number of aromatic nitrogens is 3. The predicted molar refractivity (Wildman–Crippen MR) is 176 cm³/mol. The summed E-state index contributed by atoms with van der Waals surface area (Å²) in [5.41, 5.74) is 8.34. The normalized spacial score (nSPS) is 11.6. The molecule has 3 heterocycles. The molecule has 0 aliphatic carbocycles. The molecule has 5 nitrogen and oxygen atoms in total. The second-order valence-corrected chi connectivity index (χ2v) is 10.8. The Kier molecular flexibility index (Phi) is 5.43. The smallest absolute Gasteiger partial charge is 0.164 e. The van der Waals surface area contributed by atoms with E-state index in [-0.39, 0.29) is 0 Å². The zero-order valence-corrected chi connectivity index (χ0v) is 23.4. The lowest BCUT2D eigenvalue weighted by atomic mass is 9.98. The fraction of sp³-hybridized carbons (Fsp3) is 0. The van der Waals surface area contributed by atoms with Crippen LogP contribution in [0.5, 0.6) is 0 Å². The van der Waals surface area contributed by atoms with Crippen LogP contribution in [0, 0.1) is 0 Å². The summed E-state index contributed by atoms with van der Waals surface area (Å²) in [6.45, 7) is 0. The Hall–Kier alpha value is -6.07. The summed E-state index contributed by atoms with van der Waals surface area (Å²) in [6.07, 6.45) is 0. The Labute approximate surface area is 252 Å². The van der Waals surface area contributed by atoms with Crippen molar-refractivity contribution in [2.24, 2.45) is 0 Å². The fourth-order valence-corrected chi connectivity index (χ4v) is 6.06. The van der Waals surface area contributed by atoms with Gasteiger partial charge in [-0.3, -0.25) is 0 Å². The minimum atomic E-state index is 0.606. The first-order valence-corrected chi connectivity index (χ1v) is 14.5. The average Bonchev–Trinajstić information content (AvgIpc) is 3.67. The molecule has 9 rings (SSSR count). The van der Waals surface area contributed by atoms with E-state index in [9.17, 15) is 0 Å². The molecule has 0 atom stereocenters. The molecule has 0 radical (unpaired) electrons. The molecular weight excluding hydrogens is 542 g/mol. The number of rotatable bonds is 4. The van der Waals surface area contributed by atoms with Crippen molar-refractivity contribution in [1.82, 2.24) is 15.0 Å². The van der Waals surface area contributed by atoms with E-state index >= 15 is 0 Å². The number of benzene rings is 6. The third-order valence-electron chi connectivity index (χ3n) is 8.14. The zero-order chi connectivity index (χ0) is 29.0. The molecule has 0 saturated carbocycles. The zero-order valence-electron chi connectivity index (χ0n) is 23.4. The van der Waals surface area contributed by atoms with Gasteiger partial charge in [0.1, 0.15) is 22.3 Å². The van der Waals surface area contributed by atoms with Crippen LogP contribution in [0.1, 0.15) is 0 Å². The molecule has 0 saturated heterocycles. The molecule has 206 valence electrons. The molecule has 0 unspecified atom stereocenters. The molecule has 0 aliphatic heterocycles. The molecule has 3 aromatic heterocycles. The van der Waals surface area contributed by atoms with Gasteiger partial charge in [-0.2, -0.15) is 0 Å². The number of hydrogen-bond donors (Lipinski definition) is 0. The summed E-state index contributed by atoms with van der Waals surface area (Å²) < 4.78 is 12.2. The van der Waals surface area contributed by atoms with E-state index in [4.69, 9.17) is 23.8 Å². The first kappa shape index (κ1) is 24.5. The lowest BCUT2D eigenvalue weighted by Crippen LogP contribution is -2.00. The van der Waals surface area contributed by atoms with Crippen LogP contribution in [0.2, 0.25) is 0 Å². The van der Waals surface area contributed by atoms with Gasteiger partial charge < -0.3 is 8.83 Å². The van der Waals surface area contributed by atoms with Gasteiger partial charge in [0.05, 0.1) is 0 Å². The maximum Gasteiger partial charge on any atom is 0.164 e. The molecule has 9 aromatic rings. The summed E-state index contributed by atoms with van der Waals surface area (Å²) in [4.78, 5) is 15.0. The highest BCUT2D eigenvalue weighted by molar-refractivity contribution is 6.12. The Bertz CT molecular complexity index is 2510. The van der Waals surface area contributed by atoms with E-state index in [2.05, 4.69) is 48.5 Å². The number of hydrogen-bond acceptors (Lipinski definition) is 5. The maximum atomic E-state index is 6.17. The summed E-state index contributed by atoms with van der Waals surface area (Å²) in [7, 11) is 0. The second-order valence-electron chi connectivity index (χ2n) is 10.8. The Morgan fingerprint density at radius 1 is 0.341 bits per heavy atom. The van der Waals surface area contributed by atoms with Gasteiger partial charge in [0.25, 0.3) is 0 Å². The first-order chi connectivity index (χ1) is 21.8. The SMILES string of the molecule is c1ccc(-c2nc(-c3cccc(-c4cccc5oc6ccccc6c45)c3)nc(-c3ccc4oc5ccccc5c4c3)n2)cc1. The highest BCUT2D eigenvalue weighted by Gasteiger charge is 2.16. The van der Waals surface area contributed by atoms with Crippen LogP contribution >= 0.6 is 0 Å². The highest BCUT2D eigenvalue weighted by Crippen LogP contribution is 2.38. The monoisotopic (exact) mass is 565 g/mol. The lowest BCUT2D eigenvalue weighted by molar-refractivity contribution is 0.668. The topological polar surface area (TPSA) is 65.0 Å². The standard InChI is InChI=1S/C39H23N3O2/c1-2-10-24(11-3-1)37-40-38(42-39(41-37)27-20-21-34-31(23-27)29-14-4-6-17-32(29)43-34)26-13-8-12-25(22-26)28-16-9-19-35-36(28)30-15-5-7-18-33(30)44-35/h1-23H. The molecule has 0 aliphatic rings. The average molecular weight is 566 g/mol. The molecule has 6 aromatic carbocycles. The van der Waals surface area contributed by atoms with Crippen molar-refractivity contribution in [1.29, 1.82) is 0 Å². The van der Waals surface area contributed by atoms with Gasteiger partial charge in [0.2, 0.25) is 0 Å². The maximum absolute atomic E-state index is 6.17. The van der Waals surface area contributed by atoms with Crippen LogP contribution in [0.3, 0.4) is 0 Å². The molecule has 0 N–H and O–H groups in total. The Morgan fingerprint density at radius 3 is 1.70 bits per heavy atom. The van der Waals surface area contributed by atoms with Crippen molar-refractivity contribution >= 4 is 43.9 Å². The third-order valence-corrected chi connectivity index (χ3v) is 8.14. The van der Waals surface area contributed by atoms with Crippen molar-refractivity contribution in [3.05, 3.63) is 140 Å². The van der Waals surface area contributed by atoms with Crippen molar-refractivity contribution in [2.45, 2.75) is 0 Å². The van der Waals surface area contributed by atoms with E-state index in [1.165, 1.54) is 0 Å². The van der Waals surface area contributed by atoms with Crippen LogP contribution in [0.25, 0.3) is 89.2 Å². The molecule has 44 heavy (non-hydrogen) atoms. The van der Waals surface area contributed by atoms with Crippen LogP contribution in [-0.2, 0) is 0 Å². The fourth-order valence-electron chi connectivity index (χ4n) is 6.06. The van der Waals surface area contributed by atoms with Crippen molar-refractivity contribution in [3.63, 3.8) is 0 Å². The van der Waals surface area contributed by atoms with Gasteiger partial charge in [-0.05, 0) is 53.6 Å². The van der Waals surface area contributed by atoms with Crippen molar-refractivity contribution in [2.75, 3.05) is 0 Å². The largest absolute Gasteiger partial charge is 0.456 e. The van der Waals surface area contributed by atoms with Gasteiger partial charge in [-0.1, -0.05) is 97.1 Å². The summed E-state index contributed by atoms with van der Waals surface area (Å²) in [5.74, 6) is 1.84. The van der Waals surface area contributed by atoms with Crippen LogP contribution in [0.4, 0.5) is 0 Å². The van der Waals surface area contributed by atoms with Gasteiger partial charge in [0, 0.05) is 38.2 Å². The lowest BCUT2D eigenvalue weighted by Gasteiger charge is -2.10. The summed E-state index contributed by atoms with van der Waals surface area (Å²) in [5, 5.41) is 4.29. The minimum absolute atomic E-state index is 0.606. The van der Waals surface area contributed by atoms with Gasteiger partial charge in [-0.25, -0.2) is 15.0 Å². The Balaban J connectivity index is 1.23. The van der Waals surface area contributed by atoms with Gasteiger partial charge in [0.15, 0.2) is 17.5 Å². The second kappa shape index (κ2) is 9.75. The van der Waals surface area contributed by atoms with Crippen molar-refractivity contribution < 1.29 is 8.83 Å². The van der Waals surface area contributed by atoms with Crippen molar-refractivity contribution in [3.8, 4) is 45.3 Å². The van der Waals surface area contributed by atoms with E-state index in [0.717, 1.165) is 71.7 Å². The minimum Gasteiger partial charge on any atom is -0.456 e. The number of para-hydroxylation sites is 2. The van der Waals surface area contributed by atoms with E-state index in [0.29, 0.717) is 17.5 Å². The highest BCUT2D eigenvalue weighted by atomic mass is 16.3. The van der Waals surface area contributed by atoms with E-state index < -0.39 is 0 Å². The molecule has 0 fully saturated rings. The number of nitrogens with zero attached hydrogens (tertiary/aromatic N) is 3. The molecule has 0 bridgehead atoms. The molecule has 0 spiro atoms. The first-order valence-electron chi connectivity index (χ1n) is 14.5. The molecule has 5 heteroatoms. The molecule has 0 amide bonds. The Morgan fingerprint density at radius 2 is 0.886 bits per heavy atom. The van der Waals surface area contributed by atoms with Gasteiger partial charge >= 0.3 is 0 Å². The summed E-state index contributed by atoms with van der Waals surface area (Å²) >= 11 is 0. The van der Waals surface area contributed by atoms with Crippen LogP contribution in [0.15, 0.2) is 148 Å². The number of fused-ring (bicyclic) bond motifs is 6. The van der Waals surface area contributed by atoms with Gasteiger partial charge in [-0.15, -0.1) is 0 Å². The quantitative estimate of drug-likeness (QED) is 0.212.